The fourth-order valence-corrected chi connectivity index (χ4v) is 1.79. The number of rotatable bonds is 9. The standard InChI is InChI=1S/C14H20N4O4.C2HF3O2/c15-14(16)17-10-4-2-1-3-5-13(19)22-12-8-6-11(7-9-12)18(20)21;3-2(4,5)1(6)7/h6-9H,1-5,10H2,(H4,15,16,17);(H,6,7). The second-order valence-electron chi connectivity index (χ2n) is 5.53. The first kappa shape index (κ1) is 25.6. The number of nitro benzene ring substituents is 1. The number of unbranched alkanes of at least 4 members (excludes halogenated alkanes) is 3. The van der Waals surface area contributed by atoms with Gasteiger partial charge < -0.3 is 20.9 Å². The smallest absolute Gasteiger partial charge is 0.475 e. The summed E-state index contributed by atoms with van der Waals surface area (Å²) in [5.41, 5.74) is 5.10. The quantitative estimate of drug-likeness (QED) is 0.0895. The van der Waals surface area contributed by atoms with Crippen LogP contribution >= 0.6 is 0 Å². The molecule has 1 aromatic rings. The van der Waals surface area contributed by atoms with Crippen LogP contribution in [-0.4, -0.2) is 40.6 Å². The first-order chi connectivity index (χ1) is 13.4. The van der Waals surface area contributed by atoms with Gasteiger partial charge in [0.05, 0.1) is 4.92 Å². The van der Waals surface area contributed by atoms with Crippen LogP contribution in [0, 0.1) is 15.5 Å². The van der Waals surface area contributed by atoms with Crippen LogP contribution in [0.2, 0.25) is 0 Å². The maximum Gasteiger partial charge on any atom is 0.490 e. The van der Waals surface area contributed by atoms with Gasteiger partial charge in [-0.05, 0) is 25.0 Å². The molecular weight excluding hydrogens is 401 g/mol. The monoisotopic (exact) mass is 422 g/mol. The summed E-state index contributed by atoms with van der Waals surface area (Å²) in [4.78, 5) is 30.5. The Kier molecular flexibility index (Phi) is 11.4. The Morgan fingerprint density at radius 3 is 2.14 bits per heavy atom. The predicted octanol–water partition coefficient (Wildman–Crippen LogP) is 2.57. The van der Waals surface area contributed by atoms with Crippen molar-refractivity contribution in [2.75, 3.05) is 6.54 Å². The number of carbonyl (C=O) groups excluding carboxylic acids is 1. The highest BCUT2D eigenvalue weighted by molar-refractivity contribution is 5.74. The summed E-state index contributed by atoms with van der Waals surface area (Å²) in [5.74, 6) is -2.84. The molecule has 13 heteroatoms. The highest BCUT2D eigenvalue weighted by Gasteiger charge is 2.38. The summed E-state index contributed by atoms with van der Waals surface area (Å²) < 4.78 is 36.8. The lowest BCUT2D eigenvalue weighted by atomic mass is 10.1. The van der Waals surface area contributed by atoms with Crippen molar-refractivity contribution in [3.8, 4) is 5.75 Å². The Hall–Kier alpha value is -3.38. The topological polar surface area (TPSA) is 169 Å². The molecule has 10 nitrogen and oxygen atoms in total. The van der Waals surface area contributed by atoms with E-state index in [-0.39, 0.29) is 17.6 Å². The van der Waals surface area contributed by atoms with Crippen molar-refractivity contribution in [2.24, 2.45) is 5.73 Å². The number of non-ortho nitro benzene ring substituents is 1. The van der Waals surface area contributed by atoms with Crippen molar-refractivity contribution < 1.29 is 37.5 Å². The number of esters is 1. The van der Waals surface area contributed by atoms with Gasteiger partial charge in [-0.3, -0.25) is 20.3 Å². The zero-order valence-electron chi connectivity index (χ0n) is 15.2. The summed E-state index contributed by atoms with van der Waals surface area (Å²) in [5, 5.41) is 27.3. The highest BCUT2D eigenvalue weighted by atomic mass is 19.4. The average molecular weight is 422 g/mol. The first-order valence-corrected chi connectivity index (χ1v) is 8.26. The number of nitro groups is 1. The van der Waals surface area contributed by atoms with Crippen molar-refractivity contribution in [1.82, 2.24) is 5.32 Å². The average Bonchev–Trinajstić information content (AvgIpc) is 2.60. The first-order valence-electron chi connectivity index (χ1n) is 8.26. The fraction of sp³-hybridized carbons (Fsp3) is 0.438. The summed E-state index contributed by atoms with van der Waals surface area (Å²) in [6, 6.07) is 5.40. The van der Waals surface area contributed by atoms with Gasteiger partial charge in [0, 0.05) is 25.1 Å². The van der Waals surface area contributed by atoms with Gasteiger partial charge in [-0.25, -0.2) is 4.79 Å². The van der Waals surface area contributed by atoms with Crippen LogP contribution in [0.25, 0.3) is 0 Å². The van der Waals surface area contributed by atoms with Crippen LogP contribution in [0.3, 0.4) is 0 Å². The van der Waals surface area contributed by atoms with Crippen LogP contribution < -0.4 is 15.8 Å². The zero-order chi connectivity index (χ0) is 22.4. The molecule has 0 fully saturated rings. The molecule has 0 bridgehead atoms. The number of carbonyl (C=O) groups is 2. The molecule has 0 atom stereocenters. The molecule has 5 N–H and O–H groups in total. The number of hydrogen-bond acceptors (Lipinski definition) is 6. The van der Waals surface area contributed by atoms with Crippen LogP contribution in [0.5, 0.6) is 5.75 Å². The molecule has 29 heavy (non-hydrogen) atoms. The van der Waals surface area contributed by atoms with Crippen molar-refractivity contribution in [3.05, 3.63) is 34.4 Å². The van der Waals surface area contributed by atoms with Gasteiger partial charge in [-0.1, -0.05) is 12.8 Å². The molecule has 1 aromatic carbocycles. The SMILES string of the molecule is N=C(N)NCCCCCCC(=O)Oc1ccc([N+](=O)[O-])cc1.O=C(O)C(F)(F)F. The van der Waals surface area contributed by atoms with Gasteiger partial charge in [0.15, 0.2) is 5.96 Å². The van der Waals surface area contributed by atoms with E-state index < -0.39 is 17.1 Å². The van der Waals surface area contributed by atoms with E-state index >= 15 is 0 Å². The summed E-state index contributed by atoms with van der Waals surface area (Å²) >= 11 is 0. The third kappa shape index (κ3) is 13.4. The van der Waals surface area contributed by atoms with Crippen LogP contribution in [-0.2, 0) is 9.59 Å². The molecule has 0 heterocycles. The van der Waals surface area contributed by atoms with Gasteiger partial charge in [-0.15, -0.1) is 0 Å². The molecule has 0 aromatic heterocycles. The molecular formula is C16H21F3N4O6. The van der Waals surface area contributed by atoms with Crippen LogP contribution in [0.1, 0.15) is 32.1 Å². The Morgan fingerprint density at radius 1 is 1.17 bits per heavy atom. The summed E-state index contributed by atoms with van der Waals surface area (Å²) in [7, 11) is 0. The minimum atomic E-state index is -5.08. The van der Waals surface area contributed by atoms with Crippen molar-refractivity contribution in [1.29, 1.82) is 5.41 Å². The van der Waals surface area contributed by atoms with E-state index in [1.54, 1.807) is 0 Å². The number of nitrogens with two attached hydrogens (primary N) is 1. The van der Waals surface area contributed by atoms with E-state index in [1.165, 1.54) is 24.3 Å². The molecule has 0 spiro atoms. The lowest BCUT2D eigenvalue weighted by Crippen LogP contribution is -2.30. The van der Waals surface area contributed by atoms with Crippen LogP contribution in [0.15, 0.2) is 24.3 Å². The van der Waals surface area contributed by atoms with E-state index in [1.807, 2.05) is 0 Å². The van der Waals surface area contributed by atoms with Crippen molar-refractivity contribution >= 4 is 23.6 Å². The number of halogens is 3. The normalized spacial score (nSPS) is 10.3. The largest absolute Gasteiger partial charge is 0.490 e. The minimum absolute atomic E-state index is 0.0355. The van der Waals surface area contributed by atoms with Gasteiger partial charge in [0.25, 0.3) is 5.69 Å². The second kappa shape index (κ2) is 12.9. The maximum absolute atomic E-state index is 11.6. The fourth-order valence-electron chi connectivity index (χ4n) is 1.79. The highest BCUT2D eigenvalue weighted by Crippen LogP contribution is 2.18. The van der Waals surface area contributed by atoms with Gasteiger partial charge in [0.1, 0.15) is 5.75 Å². The van der Waals surface area contributed by atoms with Gasteiger partial charge in [0.2, 0.25) is 0 Å². The molecule has 162 valence electrons. The maximum atomic E-state index is 11.6. The molecule has 0 unspecified atom stereocenters. The molecule has 0 saturated heterocycles. The molecule has 0 amide bonds. The zero-order valence-corrected chi connectivity index (χ0v) is 15.2. The number of alkyl halides is 3. The third-order valence-corrected chi connectivity index (χ3v) is 3.14. The lowest BCUT2D eigenvalue weighted by molar-refractivity contribution is -0.384. The number of hydrogen-bond donors (Lipinski definition) is 4. The predicted molar refractivity (Wildman–Crippen MR) is 95.4 cm³/mol. The van der Waals surface area contributed by atoms with Crippen molar-refractivity contribution in [2.45, 2.75) is 38.3 Å². The van der Waals surface area contributed by atoms with Crippen molar-refractivity contribution in [3.63, 3.8) is 0 Å². The van der Waals surface area contributed by atoms with E-state index in [0.717, 1.165) is 19.3 Å². The number of benzene rings is 1. The van der Waals surface area contributed by atoms with E-state index in [4.69, 9.17) is 25.8 Å². The Balaban J connectivity index is 0.000000956. The van der Waals surface area contributed by atoms with Gasteiger partial charge in [-0.2, -0.15) is 13.2 Å². The Bertz CT molecular complexity index is 695. The van der Waals surface area contributed by atoms with E-state index in [0.29, 0.717) is 25.1 Å². The van der Waals surface area contributed by atoms with Gasteiger partial charge >= 0.3 is 18.1 Å². The number of aliphatic carboxylic acids is 1. The third-order valence-electron chi connectivity index (χ3n) is 3.14. The number of carboxylic acid groups (broad SMARTS) is 1. The number of guanidine groups is 1. The number of ether oxygens (including phenoxy) is 1. The number of nitrogens with one attached hydrogen (secondary N) is 2. The summed E-state index contributed by atoms with van der Waals surface area (Å²) in [6.45, 7) is 0.655. The number of nitrogens with zero attached hydrogens (tertiary/aromatic N) is 1. The van der Waals surface area contributed by atoms with E-state index in [9.17, 15) is 28.1 Å². The molecule has 0 aliphatic rings. The number of carboxylic acids is 1. The Morgan fingerprint density at radius 2 is 1.69 bits per heavy atom. The minimum Gasteiger partial charge on any atom is -0.475 e. The van der Waals surface area contributed by atoms with E-state index in [2.05, 4.69) is 5.32 Å². The second-order valence-corrected chi connectivity index (χ2v) is 5.53. The molecule has 0 radical (unpaired) electrons. The summed E-state index contributed by atoms with van der Waals surface area (Å²) in [6.07, 6.45) is -1.36. The molecule has 0 saturated carbocycles. The molecule has 1 rings (SSSR count). The van der Waals surface area contributed by atoms with Crippen LogP contribution in [0.4, 0.5) is 18.9 Å². The molecule has 0 aliphatic carbocycles. The lowest BCUT2D eigenvalue weighted by Gasteiger charge is -2.05. The Labute approximate surface area is 163 Å². The molecule has 0 aliphatic heterocycles.